The zero-order chi connectivity index (χ0) is 16.2. The van der Waals surface area contributed by atoms with Gasteiger partial charge < -0.3 is 0 Å². The van der Waals surface area contributed by atoms with Crippen LogP contribution in [0.25, 0.3) is 0 Å². The van der Waals surface area contributed by atoms with Gasteiger partial charge in [0.05, 0.1) is 0 Å². The fourth-order valence-corrected chi connectivity index (χ4v) is 5.15. The topological polar surface area (TPSA) is 0 Å². The lowest BCUT2D eigenvalue weighted by Gasteiger charge is -2.33. The van der Waals surface area contributed by atoms with E-state index < -0.39 is 0 Å². The lowest BCUT2D eigenvalue weighted by molar-refractivity contribution is 0.553. The van der Waals surface area contributed by atoms with Crippen LogP contribution in [0.3, 0.4) is 0 Å². The van der Waals surface area contributed by atoms with E-state index in [1.165, 1.54) is 17.9 Å². The molecule has 21 heavy (non-hydrogen) atoms. The van der Waals surface area contributed by atoms with Crippen molar-refractivity contribution in [2.45, 2.75) is 78.6 Å². The first-order chi connectivity index (χ1) is 9.32. The normalized spacial score (nSPS) is 17.2. The third-order valence-electron chi connectivity index (χ3n) is 4.36. The number of hydrogen-bond donors (Lipinski definition) is 0. The largest absolute Gasteiger partial charge is 0.0739 e. The molecular formula is C20H33P. The van der Waals surface area contributed by atoms with Crippen molar-refractivity contribution in [3.8, 4) is 0 Å². The second-order valence-corrected chi connectivity index (χ2v) is 12.1. The second kappa shape index (κ2) is 5.09. The lowest BCUT2D eigenvalue weighted by atomic mass is 9.75. The summed E-state index contributed by atoms with van der Waals surface area (Å²) in [6, 6.07) is 5.04. The van der Waals surface area contributed by atoms with Crippen LogP contribution >= 0.6 is 7.92 Å². The van der Waals surface area contributed by atoms with Crippen molar-refractivity contribution in [3.63, 3.8) is 0 Å². The van der Waals surface area contributed by atoms with Crippen LogP contribution in [0.2, 0.25) is 0 Å². The quantitative estimate of drug-likeness (QED) is 0.584. The van der Waals surface area contributed by atoms with Crippen LogP contribution in [-0.2, 0) is 16.2 Å². The highest BCUT2D eigenvalue weighted by atomic mass is 31.1. The van der Waals surface area contributed by atoms with Gasteiger partial charge in [0.1, 0.15) is 0 Å². The standard InChI is InChI=1S/C20H33P/c1-18(2,3)14-12-15(19(4,5)6)17(21-10-11-21)16(13-14)20(7,8)9/h12-13H,10-11H2,1-9H3. The number of hydrogen-bond acceptors (Lipinski definition) is 0. The highest BCUT2D eigenvalue weighted by Crippen LogP contribution is 2.53. The van der Waals surface area contributed by atoms with Gasteiger partial charge in [0.2, 0.25) is 0 Å². The minimum Gasteiger partial charge on any atom is -0.0739 e. The van der Waals surface area contributed by atoms with Crippen molar-refractivity contribution in [3.05, 3.63) is 28.8 Å². The monoisotopic (exact) mass is 304 g/mol. The van der Waals surface area contributed by atoms with E-state index in [1.54, 1.807) is 16.4 Å². The zero-order valence-corrected chi connectivity index (χ0v) is 16.4. The Kier molecular flexibility index (Phi) is 4.12. The van der Waals surface area contributed by atoms with Crippen LogP contribution in [0.1, 0.15) is 79.0 Å². The molecule has 0 saturated carbocycles. The van der Waals surface area contributed by atoms with Gasteiger partial charge in [0.25, 0.3) is 0 Å². The Bertz CT molecular complexity index is 493. The number of benzene rings is 1. The molecule has 1 heterocycles. The molecule has 1 aliphatic heterocycles. The Morgan fingerprint density at radius 3 is 1.29 bits per heavy atom. The molecule has 1 fully saturated rings. The van der Waals surface area contributed by atoms with Crippen LogP contribution in [-0.4, -0.2) is 12.3 Å². The third-order valence-corrected chi connectivity index (χ3v) is 6.36. The minimum atomic E-state index is 0.136. The van der Waals surface area contributed by atoms with E-state index in [9.17, 15) is 0 Å². The molecule has 1 aromatic rings. The molecule has 1 aliphatic rings. The molecule has 0 aliphatic carbocycles. The van der Waals surface area contributed by atoms with E-state index in [-0.39, 0.29) is 24.2 Å². The smallest absolute Gasteiger partial charge is 0.0125 e. The summed E-state index contributed by atoms with van der Waals surface area (Å²) in [5.41, 5.74) is 5.42. The molecule has 0 unspecified atom stereocenters. The SMILES string of the molecule is CC(C)(C)c1cc(C(C)(C)C)c(P2CC2)c(C(C)(C)C)c1. The van der Waals surface area contributed by atoms with Gasteiger partial charge in [-0.2, -0.15) is 0 Å². The minimum absolute atomic E-state index is 0.136. The van der Waals surface area contributed by atoms with Crippen LogP contribution in [0.4, 0.5) is 0 Å². The fraction of sp³-hybridized carbons (Fsp3) is 0.700. The van der Waals surface area contributed by atoms with Gasteiger partial charge in [-0.05, 0) is 50.6 Å². The Balaban J connectivity index is 2.78. The Hall–Kier alpha value is -0.350. The maximum absolute atomic E-state index is 2.52. The molecular weight excluding hydrogens is 271 g/mol. The zero-order valence-electron chi connectivity index (χ0n) is 15.5. The van der Waals surface area contributed by atoms with Crippen molar-refractivity contribution < 1.29 is 0 Å². The van der Waals surface area contributed by atoms with E-state index in [2.05, 4.69) is 74.4 Å². The summed E-state index contributed by atoms with van der Waals surface area (Å²) in [6.45, 7) is 21.3. The maximum Gasteiger partial charge on any atom is -0.0125 e. The summed E-state index contributed by atoms with van der Waals surface area (Å²) in [7, 11) is 0.136. The average molecular weight is 304 g/mol. The van der Waals surface area contributed by atoms with Gasteiger partial charge in [0, 0.05) is 0 Å². The van der Waals surface area contributed by atoms with E-state index in [0.29, 0.717) is 0 Å². The molecule has 0 amide bonds. The summed E-state index contributed by atoms with van der Waals surface area (Å²) in [5.74, 6) is 0. The van der Waals surface area contributed by atoms with Gasteiger partial charge in [0.15, 0.2) is 0 Å². The summed E-state index contributed by atoms with van der Waals surface area (Å²) < 4.78 is 0. The molecule has 0 aromatic heterocycles. The molecule has 0 spiro atoms. The van der Waals surface area contributed by atoms with Crippen molar-refractivity contribution in [2.24, 2.45) is 0 Å². The molecule has 118 valence electrons. The molecule has 2 rings (SSSR count). The first-order valence-corrected chi connectivity index (χ1v) is 9.97. The maximum atomic E-state index is 2.52. The average Bonchev–Trinajstić information content (AvgIpc) is 3.07. The highest BCUT2D eigenvalue weighted by Gasteiger charge is 2.35. The van der Waals surface area contributed by atoms with Crippen molar-refractivity contribution in [2.75, 3.05) is 12.3 Å². The van der Waals surface area contributed by atoms with Gasteiger partial charge >= 0.3 is 0 Å². The second-order valence-electron chi connectivity index (χ2n) is 9.66. The number of rotatable bonds is 1. The van der Waals surface area contributed by atoms with E-state index in [1.807, 2.05) is 0 Å². The Morgan fingerprint density at radius 2 is 1.05 bits per heavy atom. The first-order valence-electron chi connectivity index (χ1n) is 8.26. The van der Waals surface area contributed by atoms with Crippen molar-refractivity contribution in [1.82, 2.24) is 0 Å². The molecule has 1 heteroatoms. The van der Waals surface area contributed by atoms with Crippen LogP contribution < -0.4 is 5.30 Å². The summed E-state index contributed by atoms with van der Waals surface area (Å²) >= 11 is 0. The molecule has 0 atom stereocenters. The molecule has 0 bridgehead atoms. The summed E-state index contributed by atoms with van der Waals surface area (Å²) in [4.78, 5) is 0. The molecule has 0 nitrogen and oxygen atoms in total. The van der Waals surface area contributed by atoms with E-state index in [0.717, 1.165) is 0 Å². The van der Waals surface area contributed by atoms with Crippen LogP contribution in [0.15, 0.2) is 12.1 Å². The van der Waals surface area contributed by atoms with Gasteiger partial charge in [-0.25, -0.2) is 0 Å². The summed E-state index contributed by atoms with van der Waals surface area (Å²) in [6.07, 6.45) is 2.88. The van der Waals surface area contributed by atoms with Gasteiger partial charge in [-0.3, -0.25) is 0 Å². The summed E-state index contributed by atoms with van der Waals surface area (Å²) in [5, 5.41) is 1.73. The van der Waals surface area contributed by atoms with E-state index >= 15 is 0 Å². The lowest BCUT2D eigenvalue weighted by Crippen LogP contribution is -2.30. The van der Waals surface area contributed by atoms with Crippen LogP contribution in [0, 0.1) is 0 Å². The Morgan fingerprint density at radius 1 is 0.667 bits per heavy atom. The van der Waals surface area contributed by atoms with E-state index in [4.69, 9.17) is 0 Å². The van der Waals surface area contributed by atoms with Crippen molar-refractivity contribution >= 4 is 13.2 Å². The highest BCUT2D eigenvalue weighted by molar-refractivity contribution is 7.72. The molecule has 1 saturated heterocycles. The fourth-order valence-electron chi connectivity index (χ4n) is 2.83. The van der Waals surface area contributed by atoms with Gasteiger partial charge in [-0.1, -0.05) is 82.4 Å². The predicted molar refractivity (Wildman–Crippen MR) is 98.8 cm³/mol. The first kappa shape index (κ1) is 17.0. The molecule has 1 aromatic carbocycles. The molecule has 0 N–H and O–H groups in total. The van der Waals surface area contributed by atoms with Gasteiger partial charge in [-0.15, -0.1) is 0 Å². The predicted octanol–water partition coefficient (Wildman–Crippen LogP) is 5.70. The van der Waals surface area contributed by atoms with Crippen LogP contribution in [0.5, 0.6) is 0 Å². The van der Waals surface area contributed by atoms with Crippen molar-refractivity contribution in [1.29, 1.82) is 0 Å². The molecule has 0 radical (unpaired) electrons. The Labute approximate surface area is 133 Å². The third kappa shape index (κ3) is 3.70.